The lowest BCUT2D eigenvalue weighted by Crippen LogP contribution is -2.53. The molecule has 2 N–H and O–H groups in total. The second kappa shape index (κ2) is 9.88. The van der Waals surface area contributed by atoms with E-state index < -0.39 is 0 Å². The maximum Gasteiger partial charge on any atom is 0.315 e. The number of piperazine rings is 1. The summed E-state index contributed by atoms with van der Waals surface area (Å²) in [6, 6.07) is 1.91. The molecule has 5 aliphatic rings. The molecule has 1 aromatic heterocycles. The zero-order valence-electron chi connectivity index (χ0n) is 17.5. The molecule has 4 aliphatic carbocycles. The highest BCUT2D eigenvalue weighted by Gasteiger charge is 2.58. The van der Waals surface area contributed by atoms with Crippen molar-refractivity contribution in [3.05, 3.63) is 18.5 Å². The van der Waals surface area contributed by atoms with E-state index in [0.29, 0.717) is 0 Å². The second-order valence-corrected chi connectivity index (χ2v) is 9.31. The number of anilines is 1. The van der Waals surface area contributed by atoms with E-state index in [4.69, 9.17) is 0 Å². The van der Waals surface area contributed by atoms with E-state index in [9.17, 15) is 4.79 Å². The predicted octanol–water partition coefficient (Wildman–Crippen LogP) is 2.71. The number of halogens is 2. The molecule has 2 atom stereocenters. The van der Waals surface area contributed by atoms with Crippen molar-refractivity contribution < 1.29 is 4.79 Å². The highest BCUT2D eigenvalue weighted by molar-refractivity contribution is 5.85. The van der Waals surface area contributed by atoms with E-state index in [0.717, 1.165) is 69.4 Å². The monoisotopic (exact) mass is 456 g/mol. The van der Waals surface area contributed by atoms with Crippen molar-refractivity contribution in [2.75, 3.05) is 44.2 Å². The zero-order valence-corrected chi connectivity index (χ0v) is 19.1. The molecule has 168 valence electrons. The molecular formula is C21H34Cl2N6O. The van der Waals surface area contributed by atoms with Gasteiger partial charge in [-0.3, -0.25) is 4.90 Å². The fourth-order valence-corrected chi connectivity index (χ4v) is 6.40. The summed E-state index contributed by atoms with van der Waals surface area (Å²) >= 11 is 0. The number of amides is 2. The Morgan fingerprint density at radius 2 is 1.70 bits per heavy atom. The lowest BCUT2D eigenvalue weighted by atomic mass is 9.80. The Labute approximate surface area is 191 Å². The van der Waals surface area contributed by atoms with Crippen LogP contribution in [0.2, 0.25) is 0 Å². The van der Waals surface area contributed by atoms with Gasteiger partial charge in [0.1, 0.15) is 0 Å². The maximum atomic E-state index is 12.5. The van der Waals surface area contributed by atoms with Crippen LogP contribution in [0.5, 0.6) is 0 Å². The third-order valence-corrected chi connectivity index (χ3v) is 7.50. The van der Waals surface area contributed by atoms with Gasteiger partial charge in [-0.15, -0.1) is 24.8 Å². The van der Waals surface area contributed by atoms with Gasteiger partial charge in [-0.05, 0) is 68.9 Å². The average molecular weight is 457 g/mol. The topological polar surface area (TPSA) is 73.4 Å². The molecule has 2 unspecified atom stereocenters. The molecule has 1 aromatic rings. The number of nitrogens with zero attached hydrogens (tertiary/aromatic N) is 4. The lowest BCUT2D eigenvalue weighted by Gasteiger charge is -2.35. The van der Waals surface area contributed by atoms with Crippen molar-refractivity contribution in [1.82, 2.24) is 25.5 Å². The maximum absolute atomic E-state index is 12.5. The molecule has 5 fully saturated rings. The van der Waals surface area contributed by atoms with Crippen molar-refractivity contribution in [1.29, 1.82) is 0 Å². The summed E-state index contributed by atoms with van der Waals surface area (Å²) in [4.78, 5) is 25.8. The molecule has 0 spiro atoms. The van der Waals surface area contributed by atoms with Crippen molar-refractivity contribution in [3.8, 4) is 0 Å². The van der Waals surface area contributed by atoms with E-state index >= 15 is 0 Å². The second-order valence-electron chi connectivity index (χ2n) is 9.31. The van der Waals surface area contributed by atoms with E-state index in [1.807, 2.05) is 6.07 Å². The van der Waals surface area contributed by atoms with Crippen LogP contribution in [0.15, 0.2) is 18.5 Å². The van der Waals surface area contributed by atoms with Crippen LogP contribution >= 0.6 is 24.8 Å². The minimum Gasteiger partial charge on any atom is -0.338 e. The van der Waals surface area contributed by atoms with Gasteiger partial charge in [0.25, 0.3) is 0 Å². The SMILES string of the molecule is Cl.Cl.O=C(NCCCN1CCN(c2ncccn2)CC1)NC12CC3CC(CC1C3)C2. The molecule has 4 saturated carbocycles. The Morgan fingerprint density at radius 3 is 2.37 bits per heavy atom. The minimum atomic E-state index is 0. The molecule has 4 bridgehead atoms. The summed E-state index contributed by atoms with van der Waals surface area (Å²) in [7, 11) is 0. The number of nitrogens with one attached hydrogen (secondary N) is 2. The molecule has 2 amide bonds. The van der Waals surface area contributed by atoms with Crippen LogP contribution in [0.25, 0.3) is 0 Å². The summed E-state index contributed by atoms with van der Waals surface area (Å²) in [6.45, 7) is 5.76. The van der Waals surface area contributed by atoms with Gasteiger partial charge in [0.2, 0.25) is 5.95 Å². The Balaban J connectivity index is 0.00000128. The molecule has 6 rings (SSSR count). The summed E-state index contributed by atoms with van der Waals surface area (Å²) in [5, 5.41) is 6.51. The third kappa shape index (κ3) is 4.78. The van der Waals surface area contributed by atoms with Gasteiger partial charge in [-0.1, -0.05) is 0 Å². The third-order valence-electron chi connectivity index (χ3n) is 7.50. The first kappa shape index (κ1) is 23.4. The molecule has 1 saturated heterocycles. The van der Waals surface area contributed by atoms with Gasteiger partial charge in [-0.25, -0.2) is 14.8 Å². The van der Waals surface area contributed by atoms with Gasteiger partial charge in [-0.2, -0.15) is 0 Å². The van der Waals surface area contributed by atoms with Crippen molar-refractivity contribution in [2.45, 2.75) is 44.1 Å². The smallest absolute Gasteiger partial charge is 0.315 e. The number of hydrogen-bond donors (Lipinski definition) is 2. The number of carbonyl (C=O) groups excluding carboxylic acids is 1. The highest BCUT2D eigenvalue weighted by Crippen LogP contribution is 2.60. The van der Waals surface area contributed by atoms with Crippen molar-refractivity contribution in [3.63, 3.8) is 0 Å². The largest absolute Gasteiger partial charge is 0.338 e. The van der Waals surface area contributed by atoms with E-state index in [1.165, 1.54) is 32.1 Å². The Hall–Kier alpha value is -1.31. The number of urea groups is 1. The lowest BCUT2D eigenvalue weighted by molar-refractivity contribution is 0.204. The Morgan fingerprint density at radius 1 is 1.03 bits per heavy atom. The van der Waals surface area contributed by atoms with E-state index in [-0.39, 0.29) is 36.4 Å². The van der Waals surface area contributed by atoms with Gasteiger partial charge >= 0.3 is 6.03 Å². The predicted molar refractivity (Wildman–Crippen MR) is 123 cm³/mol. The van der Waals surface area contributed by atoms with Crippen molar-refractivity contribution >= 4 is 36.8 Å². The summed E-state index contributed by atoms with van der Waals surface area (Å²) < 4.78 is 0. The number of aromatic nitrogens is 2. The Bertz CT molecular complexity index is 686. The molecule has 1 aliphatic heterocycles. The van der Waals surface area contributed by atoms with Crippen LogP contribution in [0.3, 0.4) is 0 Å². The molecule has 9 heteroatoms. The number of rotatable bonds is 6. The van der Waals surface area contributed by atoms with Crippen LogP contribution in [-0.2, 0) is 0 Å². The summed E-state index contributed by atoms with van der Waals surface area (Å²) in [5.41, 5.74) is 0.132. The normalized spacial score (nSPS) is 31.7. The van der Waals surface area contributed by atoms with Gasteiger partial charge in [0.15, 0.2) is 0 Å². The molecule has 0 aromatic carbocycles. The number of hydrogen-bond acceptors (Lipinski definition) is 5. The highest BCUT2D eigenvalue weighted by atomic mass is 35.5. The molecule has 0 radical (unpaired) electrons. The van der Waals surface area contributed by atoms with Crippen LogP contribution in [0, 0.1) is 17.8 Å². The van der Waals surface area contributed by atoms with Gasteiger partial charge < -0.3 is 15.5 Å². The standard InChI is InChI=1S/C21H32N6O.2ClH/c28-20(25-21-14-16-11-17(15-21)13-18(21)12-16)24-5-2-6-26-7-9-27(10-8-26)19-22-3-1-4-23-19;;/h1,3-4,16-18H,2,5-15H2,(H2,24,25,28);2*1H. The fraction of sp³-hybridized carbons (Fsp3) is 0.762. The van der Waals surface area contributed by atoms with Crippen LogP contribution in [0.4, 0.5) is 10.7 Å². The first-order chi connectivity index (χ1) is 13.7. The fourth-order valence-electron chi connectivity index (χ4n) is 6.40. The summed E-state index contributed by atoms with van der Waals surface area (Å²) in [5.74, 6) is 3.32. The van der Waals surface area contributed by atoms with E-state index in [2.05, 4.69) is 30.4 Å². The quantitative estimate of drug-likeness (QED) is 0.643. The first-order valence-electron chi connectivity index (χ1n) is 11.0. The zero-order chi connectivity index (χ0) is 19.0. The van der Waals surface area contributed by atoms with Gasteiger partial charge in [0.05, 0.1) is 0 Å². The number of carbonyl (C=O) groups is 1. The van der Waals surface area contributed by atoms with E-state index in [1.54, 1.807) is 12.4 Å². The van der Waals surface area contributed by atoms with Crippen LogP contribution in [-0.4, -0.2) is 65.7 Å². The average Bonchev–Trinajstić information content (AvgIpc) is 3.09. The Kier molecular flexibility index (Phi) is 7.69. The summed E-state index contributed by atoms with van der Waals surface area (Å²) in [6.07, 6.45) is 11.1. The van der Waals surface area contributed by atoms with Crippen molar-refractivity contribution in [2.24, 2.45) is 17.8 Å². The first-order valence-corrected chi connectivity index (χ1v) is 11.0. The molecule has 2 heterocycles. The molecular weight excluding hydrogens is 423 g/mol. The van der Waals surface area contributed by atoms with Crippen LogP contribution < -0.4 is 15.5 Å². The molecule has 7 nitrogen and oxygen atoms in total. The molecule has 30 heavy (non-hydrogen) atoms. The van der Waals surface area contributed by atoms with Crippen LogP contribution in [0.1, 0.15) is 38.5 Å². The van der Waals surface area contributed by atoms with Gasteiger partial charge in [0, 0.05) is 50.7 Å². The minimum absolute atomic E-state index is 0.